The van der Waals surface area contributed by atoms with Crippen LogP contribution in [-0.4, -0.2) is 58.8 Å². The standard InChI is InChI=1S/C26H29FN4O3/c1-26(2)20(14-22(34-26)24-19-13-17(27)4-5-21(19)30-25(24)33)16-3-6-23(29-15-16)28-9-12-31-10-7-18(32)8-11-31/h3-6,13-15,18,32H,7-12H2,1-2H3,(H,28,29)(H,30,33)/b24-22+. The van der Waals surface area contributed by atoms with E-state index < -0.39 is 11.4 Å². The number of carbonyl (C=O) groups is 1. The normalized spacial score (nSPS) is 22.2. The first-order valence-corrected chi connectivity index (χ1v) is 11.7. The number of piperidine rings is 1. The van der Waals surface area contributed by atoms with Crippen molar-refractivity contribution in [3.05, 3.63) is 65.3 Å². The third kappa shape index (κ3) is 4.43. The maximum Gasteiger partial charge on any atom is 0.260 e. The summed E-state index contributed by atoms with van der Waals surface area (Å²) in [5.41, 5.74) is 2.56. The zero-order valence-corrected chi connectivity index (χ0v) is 19.4. The molecular weight excluding hydrogens is 435 g/mol. The van der Waals surface area contributed by atoms with Gasteiger partial charge in [-0.25, -0.2) is 9.37 Å². The van der Waals surface area contributed by atoms with Crippen LogP contribution in [0.5, 0.6) is 0 Å². The Morgan fingerprint density at radius 2 is 2.06 bits per heavy atom. The number of ether oxygens (including phenoxy) is 1. The van der Waals surface area contributed by atoms with Crippen molar-refractivity contribution in [1.82, 2.24) is 9.88 Å². The Balaban J connectivity index is 1.32. The molecule has 1 aromatic heterocycles. The molecule has 0 atom stereocenters. The monoisotopic (exact) mass is 464 g/mol. The second kappa shape index (κ2) is 8.85. The highest BCUT2D eigenvalue weighted by Gasteiger charge is 2.38. The molecule has 34 heavy (non-hydrogen) atoms. The number of aliphatic hydroxyl groups excluding tert-OH is 1. The molecule has 0 saturated carbocycles. The van der Waals surface area contributed by atoms with E-state index in [1.807, 2.05) is 32.1 Å². The van der Waals surface area contributed by atoms with Crippen LogP contribution in [0.15, 0.2) is 48.4 Å². The summed E-state index contributed by atoms with van der Waals surface area (Å²) in [5, 5.41) is 15.8. The number of hydrogen-bond acceptors (Lipinski definition) is 6. The highest BCUT2D eigenvalue weighted by atomic mass is 19.1. The number of fused-ring (bicyclic) bond motifs is 1. The van der Waals surface area contributed by atoms with Crippen LogP contribution in [0.25, 0.3) is 11.1 Å². The molecule has 178 valence electrons. The number of amides is 1. The van der Waals surface area contributed by atoms with Crippen LogP contribution < -0.4 is 10.6 Å². The van der Waals surface area contributed by atoms with Gasteiger partial charge in [-0.2, -0.15) is 0 Å². The minimum absolute atomic E-state index is 0.160. The Hall–Kier alpha value is -3.23. The molecule has 3 aliphatic heterocycles. The Morgan fingerprint density at radius 1 is 1.26 bits per heavy atom. The van der Waals surface area contributed by atoms with Crippen LogP contribution >= 0.6 is 0 Å². The van der Waals surface area contributed by atoms with Gasteiger partial charge in [0.25, 0.3) is 5.91 Å². The van der Waals surface area contributed by atoms with Gasteiger partial charge in [0.05, 0.1) is 11.7 Å². The van der Waals surface area contributed by atoms with Crippen molar-refractivity contribution in [2.24, 2.45) is 0 Å². The van der Waals surface area contributed by atoms with Gasteiger partial charge in [0.2, 0.25) is 0 Å². The number of hydrogen-bond donors (Lipinski definition) is 3. The van der Waals surface area contributed by atoms with Gasteiger partial charge >= 0.3 is 0 Å². The molecule has 0 unspecified atom stereocenters. The fourth-order valence-corrected chi connectivity index (χ4v) is 4.75. The first-order chi connectivity index (χ1) is 16.3. The van der Waals surface area contributed by atoms with Crippen LogP contribution in [0.4, 0.5) is 15.9 Å². The number of aliphatic hydroxyl groups is 1. The van der Waals surface area contributed by atoms with Gasteiger partial charge in [-0.15, -0.1) is 0 Å². The quantitative estimate of drug-likeness (QED) is 0.586. The molecule has 3 N–H and O–H groups in total. The highest BCUT2D eigenvalue weighted by molar-refractivity contribution is 6.32. The van der Waals surface area contributed by atoms with E-state index in [1.165, 1.54) is 12.1 Å². The number of nitrogens with zero attached hydrogens (tertiary/aromatic N) is 2. The van der Waals surface area contributed by atoms with E-state index in [0.29, 0.717) is 22.6 Å². The van der Waals surface area contributed by atoms with Gasteiger partial charge in [-0.1, -0.05) is 0 Å². The second-order valence-corrected chi connectivity index (χ2v) is 9.49. The summed E-state index contributed by atoms with van der Waals surface area (Å²) in [6, 6.07) is 8.16. The molecule has 5 rings (SSSR count). The molecule has 1 aromatic carbocycles. The van der Waals surface area contributed by atoms with Crippen molar-refractivity contribution in [1.29, 1.82) is 0 Å². The average molecular weight is 465 g/mol. The molecule has 1 amide bonds. The number of benzene rings is 1. The first-order valence-electron chi connectivity index (χ1n) is 11.7. The van der Waals surface area contributed by atoms with Crippen LogP contribution in [-0.2, 0) is 9.53 Å². The Labute approximate surface area is 198 Å². The SMILES string of the molecule is CC1(C)O/C(=C2/C(=O)Nc3ccc(F)cc32)C=C1c1ccc(NCCN2CCC(O)CC2)nc1. The lowest BCUT2D eigenvalue weighted by molar-refractivity contribution is -0.111. The van der Waals surface area contributed by atoms with E-state index in [4.69, 9.17) is 4.74 Å². The van der Waals surface area contributed by atoms with Gasteiger partial charge < -0.3 is 25.4 Å². The van der Waals surface area contributed by atoms with Crippen molar-refractivity contribution in [3.63, 3.8) is 0 Å². The number of rotatable bonds is 5. The average Bonchev–Trinajstić information content (AvgIpc) is 3.29. The molecule has 2 aromatic rings. The fourth-order valence-electron chi connectivity index (χ4n) is 4.75. The predicted octanol–water partition coefficient (Wildman–Crippen LogP) is 3.64. The lowest BCUT2D eigenvalue weighted by atomic mass is 9.93. The number of anilines is 2. The number of halogens is 1. The molecule has 0 radical (unpaired) electrons. The van der Waals surface area contributed by atoms with Crippen molar-refractivity contribution < 1.29 is 19.0 Å². The summed E-state index contributed by atoms with van der Waals surface area (Å²) < 4.78 is 20.0. The molecule has 8 heteroatoms. The molecular formula is C26H29FN4O3. The van der Waals surface area contributed by atoms with Crippen molar-refractivity contribution in [2.75, 3.05) is 36.8 Å². The van der Waals surface area contributed by atoms with E-state index >= 15 is 0 Å². The molecule has 0 spiro atoms. The lowest BCUT2D eigenvalue weighted by Crippen LogP contribution is -2.38. The summed E-state index contributed by atoms with van der Waals surface area (Å²) >= 11 is 0. The Kier molecular flexibility index (Phi) is 5.87. The number of likely N-dealkylation sites (tertiary alicyclic amines) is 1. The number of carbonyl (C=O) groups excluding carboxylic acids is 1. The Morgan fingerprint density at radius 3 is 2.79 bits per heavy atom. The second-order valence-electron chi connectivity index (χ2n) is 9.49. The van der Waals surface area contributed by atoms with Gasteiger partial charge in [0, 0.05) is 54.8 Å². The van der Waals surface area contributed by atoms with Crippen LogP contribution in [0.1, 0.15) is 37.8 Å². The van der Waals surface area contributed by atoms with Gasteiger partial charge in [0.15, 0.2) is 0 Å². The molecule has 0 aliphatic carbocycles. The molecule has 4 heterocycles. The minimum atomic E-state index is -0.672. The molecule has 0 bridgehead atoms. The van der Waals surface area contributed by atoms with Crippen LogP contribution in [0.3, 0.4) is 0 Å². The third-order valence-corrected chi connectivity index (χ3v) is 6.63. The summed E-state index contributed by atoms with van der Waals surface area (Å²) in [6.07, 6.45) is 5.16. The number of aromatic nitrogens is 1. The smallest absolute Gasteiger partial charge is 0.260 e. The largest absolute Gasteiger partial charge is 0.482 e. The van der Waals surface area contributed by atoms with E-state index in [2.05, 4.69) is 20.5 Å². The van der Waals surface area contributed by atoms with E-state index in [-0.39, 0.29) is 12.0 Å². The molecule has 1 fully saturated rings. The number of nitrogens with one attached hydrogen (secondary N) is 2. The number of allylic oxidation sites excluding steroid dienone is 1. The summed E-state index contributed by atoms with van der Waals surface area (Å²) in [4.78, 5) is 19.5. The fraction of sp³-hybridized carbons (Fsp3) is 0.385. The zero-order chi connectivity index (χ0) is 23.9. The van der Waals surface area contributed by atoms with Gasteiger partial charge in [0.1, 0.15) is 23.0 Å². The van der Waals surface area contributed by atoms with Gasteiger partial charge in [-0.3, -0.25) is 4.79 Å². The maximum atomic E-state index is 13.8. The summed E-state index contributed by atoms with van der Waals surface area (Å²) in [6.45, 7) is 7.40. The maximum absolute atomic E-state index is 13.8. The van der Waals surface area contributed by atoms with Crippen molar-refractivity contribution in [2.45, 2.75) is 38.4 Å². The minimum Gasteiger partial charge on any atom is -0.482 e. The van der Waals surface area contributed by atoms with Crippen molar-refractivity contribution >= 4 is 28.6 Å². The summed E-state index contributed by atoms with van der Waals surface area (Å²) in [5.74, 6) is 0.511. The zero-order valence-electron chi connectivity index (χ0n) is 19.4. The molecule has 3 aliphatic rings. The van der Waals surface area contributed by atoms with E-state index in [1.54, 1.807) is 12.3 Å². The first kappa shape index (κ1) is 22.6. The van der Waals surface area contributed by atoms with Crippen molar-refractivity contribution in [3.8, 4) is 0 Å². The summed E-state index contributed by atoms with van der Waals surface area (Å²) in [7, 11) is 0. The van der Waals surface area contributed by atoms with Gasteiger partial charge in [-0.05, 0) is 63.1 Å². The molecule has 1 saturated heterocycles. The van der Waals surface area contributed by atoms with Crippen LogP contribution in [0, 0.1) is 5.82 Å². The number of pyridine rings is 1. The van der Waals surface area contributed by atoms with E-state index in [9.17, 15) is 14.3 Å². The van der Waals surface area contributed by atoms with E-state index in [0.717, 1.165) is 56.0 Å². The predicted molar refractivity (Wildman–Crippen MR) is 129 cm³/mol. The topological polar surface area (TPSA) is 86.7 Å². The highest BCUT2D eigenvalue weighted by Crippen LogP contribution is 2.44. The Bertz CT molecular complexity index is 1170. The third-order valence-electron chi connectivity index (χ3n) is 6.63. The lowest BCUT2D eigenvalue weighted by Gasteiger charge is -2.29. The molecule has 7 nitrogen and oxygen atoms in total. The van der Waals surface area contributed by atoms with Crippen LogP contribution in [0.2, 0.25) is 0 Å².